The van der Waals surface area contributed by atoms with Crippen LogP contribution in [0, 0.1) is 12.8 Å². The van der Waals surface area contributed by atoms with Crippen LogP contribution in [0.4, 0.5) is 5.69 Å². The lowest BCUT2D eigenvalue weighted by Gasteiger charge is -2.15. The van der Waals surface area contributed by atoms with Gasteiger partial charge in [-0.3, -0.25) is 9.59 Å². The second-order valence-corrected chi connectivity index (χ2v) is 5.45. The Labute approximate surface area is 125 Å². The highest BCUT2D eigenvalue weighted by molar-refractivity contribution is 5.96. The third-order valence-electron chi connectivity index (χ3n) is 3.26. The molecule has 21 heavy (non-hydrogen) atoms. The molecule has 5 nitrogen and oxygen atoms in total. The minimum absolute atomic E-state index is 0.0389. The molecule has 0 saturated heterocycles. The first-order chi connectivity index (χ1) is 9.85. The number of hydrogen-bond donors (Lipinski definition) is 3. The van der Waals surface area contributed by atoms with Crippen molar-refractivity contribution < 1.29 is 14.7 Å². The Kier molecular flexibility index (Phi) is 6.37. The molecule has 0 saturated carbocycles. The Morgan fingerprint density at radius 2 is 1.95 bits per heavy atom. The number of aliphatic hydroxyl groups is 1. The Morgan fingerprint density at radius 3 is 2.48 bits per heavy atom. The zero-order valence-electron chi connectivity index (χ0n) is 13.1. The SMILES string of the molecule is CCNC(=O)c1ccc(NC(=O)CC(O)C(C)C)c(C)c1. The molecule has 5 heteroatoms. The van der Waals surface area contributed by atoms with Crippen molar-refractivity contribution in [3.8, 4) is 0 Å². The van der Waals surface area contributed by atoms with Crippen LogP contribution >= 0.6 is 0 Å². The lowest BCUT2D eigenvalue weighted by molar-refractivity contribution is -0.118. The summed E-state index contributed by atoms with van der Waals surface area (Å²) in [6.45, 7) is 7.99. The summed E-state index contributed by atoms with van der Waals surface area (Å²) in [5, 5.41) is 15.2. The quantitative estimate of drug-likeness (QED) is 0.751. The highest BCUT2D eigenvalue weighted by Crippen LogP contribution is 2.17. The van der Waals surface area contributed by atoms with Gasteiger partial charge in [0.1, 0.15) is 0 Å². The number of anilines is 1. The number of benzene rings is 1. The fourth-order valence-corrected chi connectivity index (χ4v) is 1.83. The van der Waals surface area contributed by atoms with E-state index in [1.807, 2.05) is 27.7 Å². The predicted molar refractivity (Wildman–Crippen MR) is 83.3 cm³/mol. The second kappa shape index (κ2) is 7.78. The van der Waals surface area contributed by atoms with Gasteiger partial charge in [0.25, 0.3) is 5.91 Å². The summed E-state index contributed by atoms with van der Waals surface area (Å²) in [4.78, 5) is 23.6. The molecule has 1 atom stereocenters. The molecule has 0 aliphatic rings. The van der Waals surface area contributed by atoms with Gasteiger partial charge in [0.05, 0.1) is 12.5 Å². The maximum atomic E-state index is 11.9. The number of rotatable bonds is 6. The van der Waals surface area contributed by atoms with Crippen molar-refractivity contribution in [3.63, 3.8) is 0 Å². The molecule has 0 bridgehead atoms. The van der Waals surface area contributed by atoms with Crippen LogP contribution < -0.4 is 10.6 Å². The lowest BCUT2D eigenvalue weighted by Crippen LogP contribution is -2.24. The van der Waals surface area contributed by atoms with E-state index in [0.29, 0.717) is 17.8 Å². The van der Waals surface area contributed by atoms with E-state index >= 15 is 0 Å². The zero-order chi connectivity index (χ0) is 16.0. The Hall–Kier alpha value is -1.88. The molecule has 0 aromatic heterocycles. The summed E-state index contributed by atoms with van der Waals surface area (Å²) < 4.78 is 0. The predicted octanol–water partition coefficient (Wildman–Crippen LogP) is 2.09. The van der Waals surface area contributed by atoms with Gasteiger partial charge in [-0.05, 0) is 43.5 Å². The van der Waals surface area contributed by atoms with Crippen LogP contribution in [0.5, 0.6) is 0 Å². The van der Waals surface area contributed by atoms with Crippen LogP contribution in [0.2, 0.25) is 0 Å². The van der Waals surface area contributed by atoms with Crippen LogP contribution in [-0.4, -0.2) is 29.6 Å². The van der Waals surface area contributed by atoms with Crippen LogP contribution in [0.1, 0.15) is 43.1 Å². The average Bonchev–Trinajstić information content (AvgIpc) is 2.41. The molecule has 3 N–H and O–H groups in total. The van der Waals surface area contributed by atoms with Crippen LogP contribution in [0.3, 0.4) is 0 Å². The fraction of sp³-hybridized carbons (Fsp3) is 0.500. The smallest absolute Gasteiger partial charge is 0.251 e. The van der Waals surface area contributed by atoms with Gasteiger partial charge in [-0.2, -0.15) is 0 Å². The zero-order valence-corrected chi connectivity index (χ0v) is 13.1. The van der Waals surface area contributed by atoms with E-state index in [2.05, 4.69) is 10.6 Å². The number of amides is 2. The molecule has 0 spiro atoms. The first-order valence-electron chi connectivity index (χ1n) is 7.21. The van der Waals surface area contributed by atoms with Crippen molar-refractivity contribution in [1.82, 2.24) is 5.32 Å². The monoisotopic (exact) mass is 292 g/mol. The minimum atomic E-state index is -0.653. The summed E-state index contributed by atoms with van der Waals surface area (Å²) in [6.07, 6.45) is -0.588. The first-order valence-corrected chi connectivity index (χ1v) is 7.21. The topological polar surface area (TPSA) is 78.4 Å². The highest BCUT2D eigenvalue weighted by Gasteiger charge is 2.15. The summed E-state index contributed by atoms with van der Waals surface area (Å²) in [5.41, 5.74) is 2.03. The van der Waals surface area contributed by atoms with Gasteiger partial charge in [0.2, 0.25) is 5.91 Å². The van der Waals surface area contributed by atoms with E-state index in [-0.39, 0.29) is 24.2 Å². The second-order valence-electron chi connectivity index (χ2n) is 5.45. The van der Waals surface area contributed by atoms with Gasteiger partial charge >= 0.3 is 0 Å². The van der Waals surface area contributed by atoms with E-state index in [1.165, 1.54) is 0 Å². The Morgan fingerprint density at radius 1 is 1.29 bits per heavy atom. The van der Waals surface area contributed by atoms with Crippen LogP contribution in [0.25, 0.3) is 0 Å². The third kappa shape index (κ3) is 5.19. The first kappa shape index (κ1) is 17.2. The molecule has 0 fully saturated rings. The maximum Gasteiger partial charge on any atom is 0.251 e. The number of hydrogen-bond acceptors (Lipinski definition) is 3. The van der Waals surface area contributed by atoms with Gasteiger partial charge in [0, 0.05) is 17.8 Å². The molecule has 116 valence electrons. The van der Waals surface area contributed by atoms with Crippen molar-refractivity contribution >= 4 is 17.5 Å². The molecule has 2 amide bonds. The molecular formula is C16H24N2O3. The number of aliphatic hydroxyl groups excluding tert-OH is 1. The number of carbonyl (C=O) groups excluding carboxylic acids is 2. The fourth-order valence-electron chi connectivity index (χ4n) is 1.83. The van der Waals surface area contributed by atoms with E-state index in [9.17, 15) is 14.7 Å². The molecule has 0 aliphatic carbocycles. The van der Waals surface area contributed by atoms with Crippen molar-refractivity contribution in [1.29, 1.82) is 0 Å². The van der Waals surface area contributed by atoms with Crippen LogP contribution in [-0.2, 0) is 4.79 Å². The van der Waals surface area contributed by atoms with Gasteiger partial charge in [-0.15, -0.1) is 0 Å². The van der Waals surface area contributed by atoms with Crippen molar-refractivity contribution in [2.75, 3.05) is 11.9 Å². The molecule has 0 heterocycles. The van der Waals surface area contributed by atoms with Gasteiger partial charge in [-0.1, -0.05) is 13.8 Å². The van der Waals surface area contributed by atoms with E-state index in [0.717, 1.165) is 5.56 Å². The van der Waals surface area contributed by atoms with Gasteiger partial charge in [-0.25, -0.2) is 0 Å². The molecule has 1 unspecified atom stereocenters. The standard InChI is InChI=1S/C16H24N2O3/c1-5-17-16(21)12-6-7-13(11(4)8-12)18-15(20)9-14(19)10(2)3/h6-8,10,14,19H,5,9H2,1-4H3,(H,17,21)(H,18,20). The van der Waals surface area contributed by atoms with E-state index in [1.54, 1.807) is 18.2 Å². The number of nitrogens with one attached hydrogen (secondary N) is 2. The lowest BCUT2D eigenvalue weighted by atomic mass is 10.0. The van der Waals surface area contributed by atoms with Crippen molar-refractivity contribution in [2.45, 2.75) is 40.2 Å². The largest absolute Gasteiger partial charge is 0.392 e. The summed E-state index contributed by atoms with van der Waals surface area (Å²) >= 11 is 0. The molecule has 0 radical (unpaired) electrons. The normalized spacial score (nSPS) is 12.1. The number of aryl methyl sites for hydroxylation is 1. The summed E-state index contributed by atoms with van der Waals surface area (Å²) in [5.74, 6) is -0.323. The van der Waals surface area contributed by atoms with Crippen molar-refractivity contribution in [3.05, 3.63) is 29.3 Å². The third-order valence-corrected chi connectivity index (χ3v) is 3.26. The van der Waals surface area contributed by atoms with Crippen LogP contribution in [0.15, 0.2) is 18.2 Å². The maximum absolute atomic E-state index is 11.9. The molecule has 1 aromatic carbocycles. The Balaban J connectivity index is 2.73. The Bertz CT molecular complexity index is 512. The van der Waals surface area contributed by atoms with Gasteiger partial charge in [0.15, 0.2) is 0 Å². The molecular weight excluding hydrogens is 268 g/mol. The minimum Gasteiger partial charge on any atom is -0.392 e. The highest BCUT2D eigenvalue weighted by atomic mass is 16.3. The molecule has 0 aliphatic heterocycles. The average molecular weight is 292 g/mol. The summed E-state index contributed by atoms with van der Waals surface area (Å²) in [7, 11) is 0. The summed E-state index contributed by atoms with van der Waals surface area (Å²) in [6, 6.07) is 5.12. The van der Waals surface area contributed by atoms with Gasteiger partial charge < -0.3 is 15.7 Å². The number of carbonyl (C=O) groups is 2. The molecule has 1 aromatic rings. The van der Waals surface area contributed by atoms with Crippen molar-refractivity contribution in [2.24, 2.45) is 5.92 Å². The van der Waals surface area contributed by atoms with E-state index < -0.39 is 6.10 Å². The molecule has 1 rings (SSSR count). The van der Waals surface area contributed by atoms with E-state index in [4.69, 9.17) is 0 Å².